The van der Waals surface area contributed by atoms with Crippen molar-refractivity contribution in [3.8, 4) is 0 Å². The van der Waals surface area contributed by atoms with Gasteiger partial charge in [0.05, 0.1) is 6.61 Å². The first-order valence-electron chi connectivity index (χ1n) is 3.72. The summed E-state index contributed by atoms with van der Waals surface area (Å²) in [5.41, 5.74) is 0.742. The highest BCUT2D eigenvalue weighted by molar-refractivity contribution is 5.70. The topological polar surface area (TPSA) is 46.5 Å². The summed E-state index contributed by atoms with van der Waals surface area (Å²) < 4.78 is 16.8. The van der Waals surface area contributed by atoms with Crippen molar-refractivity contribution < 1.29 is 19.0 Å². The molecule has 0 saturated heterocycles. The Morgan fingerprint density at radius 1 is 1.46 bits per heavy atom. The fraction of sp³-hybridized carbons (Fsp3) is 0.222. The van der Waals surface area contributed by atoms with E-state index in [9.17, 15) is 9.18 Å². The fourth-order valence-corrected chi connectivity index (χ4v) is 0.815. The van der Waals surface area contributed by atoms with Crippen molar-refractivity contribution in [2.75, 3.05) is 0 Å². The maximum absolute atomic E-state index is 12.4. The molecule has 0 saturated carbocycles. The monoisotopic (exact) mass is 184 g/mol. The molecule has 1 aromatic carbocycles. The number of halogens is 1. The molecule has 1 aromatic rings. The highest BCUT2D eigenvalue weighted by Crippen LogP contribution is 2.03. The minimum atomic E-state index is -2.25. The van der Waals surface area contributed by atoms with Crippen molar-refractivity contribution in [3.05, 3.63) is 35.9 Å². The van der Waals surface area contributed by atoms with E-state index in [-0.39, 0.29) is 6.61 Å². The second-order valence-corrected chi connectivity index (χ2v) is 2.45. The van der Waals surface area contributed by atoms with Gasteiger partial charge in [0.2, 0.25) is 0 Å². The third-order valence-electron chi connectivity index (χ3n) is 1.43. The average molecular weight is 184 g/mol. The summed E-state index contributed by atoms with van der Waals surface area (Å²) in [6.45, 7) is -0.0334. The molecule has 1 N–H and O–H groups in total. The molecule has 0 heterocycles. The second-order valence-electron chi connectivity index (χ2n) is 2.45. The van der Waals surface area contributed by atoms with Gasteiger partial charge in [-0.15, -0.1) is 0 Å². The molecule has 1 atom stereocenters. The Morgan fingerprint density at radius 2 is 2.08 bits per heavy atom. The van der Waals surface area contributed by atoms with E-state index in [1.165, 1.54) is 0 Å². The molecule has 4 heteroatoms. The Balaban J connectivity index is 2.39. The summed E-state index contributed by atoms with van der Waals surface area (Å²) in [5.74, 6) is -1.60. The van der Waals surface area contributed by atoms with E-state index < -0.39 is 12.3 Å². The average Bonchev–Trinajstić information content (AvgIpc) is 2.15. The van der Waals surface area contributed by atoms with E-state index in [2.05, 4.69) is 4.74 Å². The van der Waals surface area contributed by atoms with Crippen molar-refractivity contribution >= 4 is 5.97 Å². The van der Waals surface area contributed by atoms with Crippen LogP contribution in [0.5, 0.6) is 0 Å². The predicted octanol–water partition coefficient (Wildman–Crippen LogP) is 1.58. The molecular weight excluding hydrogens is 175 g/mol. The van der Waals surface area contributed by atoms with Crippen LogP contribution in [0.1, 0.15) is 5.56 Å². The van der Waals surface area contributed by atoms with Gasteiger partial charge in [0.25, 0.3) is 6.36 Å². The largest absolute Gasteiger partial charge is 0.477 e. The Kier molecular flexibility index (Phi) is 3.40. The SMILES string of the molecule is O=C(O)C(F)OCc1ccccc1. The van der Waals surface area contributed by atoms with Gasteiger partial charge in [-0.05, 0) is 5.56 Å². The number of hydrogen-bond donors (Lipinski definition) is 1. The first-order valence-corrected chi connectivity index (χ1v) is 3.72. The second kappa shape index (κ2) is 4.57. The normalized spacial score (nSPS) is 12.4. The van der Waals surface area contributed by atoms with E-state index in [1.807, 2.05) is 6.07 Å². The number of benzene rings is 1. The lowest BCUT2D eigenvalue weighted by Gasteiger charge is -2.04. The number of carboxylic acid groups (broad SMARTS) is 1. The smallest absolute Gasteiger partial charge is 0.366 e. The molecule has 0 fully saturated rings. The summed E-state index contributed by atoms with van der Waals surface area (Å²) in [4.78, 5) is 10.0. The van der Waals surface area contributed by atoms with Gasteiger partial charge in [0, 0.05) is 0 Å². The van der Waals surface area contributed by atoms with Crippen LogP contribution in [0.3, 0.4) is 0 Å². The summed E-state index contributed by atoms with van der Waals surface area (Å²) in [6.07, 6.45) is -2.25. The number of hydrogen-bond acceptors (Lipinski definition) is 2. The minimum absolute atomic E-state index is 0.0334. The van der Waals surface area contributed by atoms with Gasteiger partial charge >= 0.3 is 5.97 Å². The molecule has 13 heavy (non-hydrogen) atoms. The Hall–Kier alpha value is -1.42. The number of aliphatic carboxylic acids is 1. The third kappa shape index (κ3) is 3.21. The molecule has 0 aliphatic rings. The molecular formula is C9H9FO3. The molecule has 1 rings (SSSR count). The van der Waals surface area contributed by atoms with E-state index in [0.717, 1.165) is 5.56 Å². The lowest BCUT2D eigenvalue weighted by Crippen LogP contribution is -2.17. The van der Waals surface area contributed by atoms with Gasteiger partial charge < -0.3 is 9.84 Å². The van der Waals surface area contributed by atoms with Crippen molar-refractivity contribution in [1.82, 2.24) is 0 Å². The molecule has 1 unspecified atom stereocenters. The third-order valence-corrected chi connectivity index (χ3v) is 1.43. The van der Waals surface area contributed by atoms with Crippen LogP contribution in [0.25, 0.3) is 0 Å². The van der Waals surface area contributed by atoms with Gasteiger partial charge in [-0.1, -0.05) is 30.3 Å². The maximum Gasteiger partial charge on any atom is 0.366 e. The van der Waals surface area contributed by atoms with Crippen LogP contribution < -0.4 is 0 Å². The summed E-state index contributed by atoms with van der Waals surface area (Å²) in [6, 6.07) is 8.82. The van der Waals surface area contributed by atoms with Crippen LogP contribution in [0, 0.1) is 0 Å². The lowest BCUT2D eigenvalue weighted by molar-refractivity contribution is -0.164. The highest BCUT2D eigenvalue weighted by atomic mass is 19.1. The first-order chi connectivity index (χ1) is 6.20. The van der Waals surface area contributed by atoms with Crippen LogP contribution in [0.15, 0.2) is 30.3 Å². The molecule has 0 aliphatic heterocycles. The van der Waals surface area contributed by atoms with Crippen LogP contribution in [0.2, 0.25) is 0 Å². The van der Waals surface area contributed by atoms with Gasteiger partial charge in [-0.3, -0.25) is 0 Å². The molecule has 0 radical (unpaired) electrons. The molecule has 0 amide bonds. The number of carbonyl (C=O) groups is 1. The molecule has 0 bridgehead atoms. The number of ether oxygens (including phenoxy) is 1. The van der Waals surface area contributed by atoms with E-state index in [0.29, 0.717) is 0 Å². The molecule has 3 nitrogen and oxygen atoms in total. The summed E-state index contributed by atoms with van der Waals surface area (Å²) >= 11 is 0. The van der Waals surface area contributed by atoms with Crippen molar-refractivity contribution in [2.45, 2.75) is 13.0 Å². The zero-order valence-corrected chi connectivity index (χ0v) is 6.81. The number of rotatable bonds is 4. The van der Waals surface area contributed by atoms with E-state index in [1.54, 1.807) is 24.3 Å². The minimum Gasteiger partial charge on any atom is -0.477 e. The highest BCUT2D eigenvalue weighted by Gasteiger charge is 2.15. The van der Waals surface area contributed by atoms with Gasteiger partial charge in [-0.2, -0.15) is 0 Å². The Labute approximate surface area is 74.8 Å². The first kappa shape index (κ1) is 9.67. The zero-order chi connectivity index (χ0) is 9.68. The summed E-state index contributed by atoms with van der Waals surface area (Å²) in [7, 11) is 0. The van der Waals surface area contributed by atoms with Crippen LogP contribution >= 0.6 is 0 Å². The molecule has 0 spiro atoms. The van der Waals surface area contributed by atoms with Crippen molar-refractivity contribution in [3.63, 3.8) is 0 Å². The van der Waals surface area contributed by atoms with Crippen LogP contribution in [-0.2, 0) is 16.1 Å². The number of alkyl halides is 1. The summed E-state index contributed by atoms with van der Waals surface area (Å²) in [5, 5.41) is 8.16. The van der Waals surface area contributed by atoms with E-state index >= 15 is 0 Å². The predicted molar refractivity (Wildman–Crippen MR) is 43.8 cm³/mol. The van der Waals surface area contributed by atoms with Gasteiger partial charge in [-0.25, -0.2) is 9.18 Å². The maximum atomic E-state index is 12.4. The van der Waals surface area contributed by atoms with Gasteiger partial charge in [0.1, 0.15) is 0 Å². The van der Waals surface area contributed by atoms with Crippen molar-refractivity contribution in [2.24, 2.45) is 0 Å². The Morgan fingerprint density at radius 3 is 2.62 bits per heavy atom. The van der Waals surface area contributed by atoms with Gasteiger partial charge in [0.15, 0.2) is 0 Å². The zero-order valence-electron chi connectivity index (χ0n) is 6.81. The quantitative estimate of drug-likeness (QED) is 0.772. The molecule has 70 valence electrons. The standard InChI is InChI=1S/C9H9FO3/c10-8(9(11)12)13-6-7-4-2-1-3-5-7/h1-5,8H,6H2,(H,11,12). The van der Waals surface area contributed by atoms with Crippen molar-refractivity contribution in [1.29, 1.82) is 0 Å². The lowest BCUT2D eigenvalue weighted by atomic mass is 10.2. The molecule has 0 aromatic heterocycles. The Bertz CT molecular complexity index is 273. The number of carboxylic acids is 1. The van der Waals surface area contributed by atoms with E-state index in [4.69, 9.17) is 5.11 Å². The fourth-order valence-electron chi connectivity index (χ4n) is 0.815. The molecule has 0 aliphatic carbocycles. The van der Waals surface area contributed by atoms with Crippen LogP contribution in [-0.4, -0.2) is 17.4 Å². The van der Waals surface area contributed by atoms with Crippen LogP contribution in [0.4, 0.5) is 4.39 Å².